The number of carboxylic acid groups (broad SMARTS) is 1. The molecule has 0 bridgehead atoms. The van der Waals surface area contributed by atoms with Crippen LogP contribution < -0.4 is 5.32 Å². The van der Waals surface area contributed by atoms with Gasteiger partial charge in [0.2, 0.25) is 0 Å². The predicted molar refractivity (Wildman–Crippen MR) is 124 cm³/mol. The lowest BCUT2D eigenvalue weighted by Gasteiger charge is -2.25. The van der Waals surface area contributed by atoms with Gasteiger partial charge < -0.3 is 15.5 Å². The number of hydrogen-bond donors (Lipinski definition) is 3. The number of fused-ring (bicyclic) bond motifs is 1. The lowest BCUT2D eigenvalue weighted by atomic mass is 9.97. The Morgan fingerprint density at radius 3 is 2.42 bits per heavy atom. The van der Waals surface area contributed by atoms with Crippen LogP contribution in [0.5, 0.6) is 0 Å². The Kier molecular flexibility index (Phi) is 5.78. The largest absolute Gasteiger partial charge is 0.479 e. The predicted octanol–water partition coefficient (Wildman–Crippen LogP) is 5.14. The van der Waals surface area contributed by atoms with Gasteiger partial charge in [0.25, 0.3) is 0 Å². The van der Waals surface area contributed by atoms with E-state index in [9.17, 15) is 15.0 Å². The van der Waals surface area contributed by atoms with E-state index in [0.717, 1.165) is 27.7 Å². The molecule has 0 saturated heterocycles. The van der Waals surface area contributed by atoms with Gasteiger partial charge in [-0.2, -0.15) is 0 Å². The van der Waals surface area contributed by atoms with Crippen molar-refractivity contribution in [3.05, 3.63) is 103 Å². The topological polar surface area (TPSA) is 82.5 Å². The second-order valence-corrected chi connectivity index (χ2v) is 7.18. The Balaban J connectivity index is 1.78. The van der Waals surface area contributed by atoms with Gasteiger partial charge in [-0.1, -0.05) is 79.4 Å². The number of nitrogens with zero attached hydrogens (tertiary/aromatic N) is 1. The molecule has 0 unspecified atom stereocenters. The number of benzene rings is 3. The molecule has 5 heteroatoms. The maximum atomic E-state index is 11.6. The molecule has 0 saturated carbocycles. The van der Waals surface area contributed by atoms with Crippen molar-refractivity contribution in [2.75, 3.05) is 5.32 Å². The number of pyridine rings is 1. The van der Waals surface area contributed by atoms with Crippen molar-refractivity contribution < 1.29 is 15.0 Å². The van der Waals surface area contributed by atoms with Gasteiger partial charge in [0.05, 0.1) is 17.3 Å². The number of anilines is 1. The van der Waals surface area contributed by atoms with Crippen LogP contribution in [0.25, 0.3) is 28.2 Å². The molecule has 0 fully saturated rings. The van der Waals surface area contributed by atoms with Crippen molar-refractivity contribution >= 4 is 28.6 Å². The summed E-state index contributed by atoms with van der Waals surface area (Å²) >= 11 is 0. The number of carbonyl (C=O) groups is 1. The molecule has 154 valence electrons. The first-order chi connectivity index (χ1) is 15.1. The molecule has 0 radical (unpaired) electrons. The van der Waals surface area contributed by atoms with Gasteiger partial charge in [0.15, 0.2) is 6.10 Å². The van der Waals surface area contributed by atoms with Crippen LogP contribution in [0.1, 0.15) is 17.2 Å². The second-order valence-electron chi connectivity index (χ2n) is 7.18. The minimum Gasteiger partial charge on any atom is -0.479 e. The zero-order chi connectivity index (χ0) is 21.8. The molecule has 0 spiro atoms. The molecule has 31 heavy (non-hydrogen) atoms. The summed E-state index contributed by atoms with van der Waals surface area (Å²) in [6.45, 7) is 3.95. The molecule has 3 aromatic carbocycles. The van der Waals surface area contributed by atoms with Gasteiger partial charge >= 0.3 is 5.97 Å². The van der Waals surface area contributed by atoms with Gasteiger partial charge in [0, 0.05) is 22.2 Å². The van der Waals surface area contributed by atoms with Crippen molar-refractivity contribution in [2.24, 2.45) is 0 Å². The average molecular weight is 410 g/mol. The van der Waals surface area contributed by atoms with E-state index < -0.39 is 18.1 Å². The molecular formula is C26H22N2O3. The fourth-order valence-corrected chi connectivity index (χ4v) is 3.67. The number of aliphatic hydroxyl groups excluding tert-OH is 1. The van der Waals surface area contributed by atoms with Crippen molar-refractivity contribution in [1.29, 1.82) is 0 Å². The van der Waals surface area contributed by atoms with Crippen molar-refractivity contribution in [3.63, 3.8) is 0 Å². The lowest BCUT2D eigenvalue weighted by Crippen LogP contribution is -2.32. The maximum Gasteiger partial charge on any atom is 0.335 e. The normalized spacial score (nSPS) is 12.8. The van der Waals surface area contributed by atoms with E-state index >= 15 is 0 Å². The highest BCUT2D eigenvalue weighted by atomic mass is 16.4. The summed E-state index contributed by atoms with van der Waals surface area (Å²) in [5.41, 5.74) is 4.65. The van der Waals surface area contributed by atoms with Crippen LogP contribution in [0.3, 0.4) is 0 Å². The summed E-state index contributed by atoms with van der Waals surface area (Å²) in [4.78, 5) is 16.3. The molecule has 4 aromatic rings. The van der Waals surface area contributed by atoms with E-state index in [-0.39, 0.29) is 0 Å². The van der Waals surface area contributed by atoms with Crippen molar-refractivity contribution in [2.45, 2.75) is 12.1 Å². The van der Waals surface area contributed by atoms with E-state index in [2.05, 4.69) is 11.9 Å². The third kappa shape index (κ3) is 4.17. The third-order valence-corrected chi connectivity index (χ3v) is 5.22. The van der Waals surface area contributed by atoms with E-state index in [1.165, 1.54) is 0 Å². The summed E-state index contributed by atoms with van der Waals surface area (Å²) < 4.78 is 0. The van der Waals surface area contributed by atoms with Gasteiger partial charge in [-0.15, -0.1) is 0 Å². The molecular weight excluding hydrogens is 388 g/mol. The van der Waals surface area contributed by atoms with Gasteiger partial charge in [-0.3, -0.25) is 0 Å². The molecule has 5 nitrogen and oxygen atoms in total. The highest BCUT2D eigenvalue weighted by molar-refractivity contribution is 5.86. The average Bonchev–Trinajstić information content (AvgIpc) is 2.82. The quantitative estimate of drug-likeness (QED) is 0.393. The first kappa shape index (κ1) is 20.3. The molecule has 4 rings (SSSR count). The fraction of sp³-hybridized carbons (Fsp3) is 0.0769. The number of aliphatic carboxylic acids is 1. The zero-order valence-electron chi connectivity index (χ0n) is 16.8. The highest BCUT2D eigenvalue weighted by Gasteiger charge is 2.28. The molecule has 2 atom stereocenters. The van der Waals surface area contributed by atoms with E-state index in [1.807, 2.05) is 72.8 Å². The Hall–Kier alpha value is -3.96. The van der Waals surface area contributed by atoms with Crippen LogP contribution in [0.2, 0.25) is 0 Å². The van der Waals surface area contributed by atoms with Gasteiger partial charge in [-0.05, 0) is 23.8 Å². The van der Waals surface area contributed by atoms with Crippen LogP contribution in [0, 0.1) is 0 Å². The molecule has 1 aromatic heterocycles. The van der Waals surface area contributed by atoms with E-state index in [0.29, 0.717) is 11.3 Å². The number of hydrogen-bond acceptors (Lipinski definition) is 4. The maximum absolute atomic E-state index is 11.6. The van der Waals surface area contributed by atoms with Crippen LogP contribution in [0.4, 0.5) is 5.69 Å². The minimum absolute atomic E-state index is 0.664. The molecule has 3 N–H and O–H groups in total. The summed E-state index contributed by atoms with van der Waals surface area (Å²) in [5.74, 6) is -1.30. The standard InChI is InChI=1S/C26H22N2O3/c1-2-19-20(23-16-15-17-9-6-7-13-21(17)27-23)12-8-14-22(19)28-24(25(29)26(30)31)18-10-4-3-5-11-18/h2-16,24-25,28-29H,1H2,(H,30,31)/t24-,25-/m0/s1. The van der Waals surface area contributed by atoms with E-state index in [1.54, 1.807) is 18.2 Å². The fourth-order valence-electron chi connectivity index (χ4n) is 3.67. The Morgan fingerprint density at radius 2 is 1.68 bits per heavy atom. The van der Waals surface area contributed by atoms with Crippen LogP contribution >= 0.6 is 0 Å². The Labute approximate surface area is 180 Å². The second kappa shape index (κ2) is 8.81. The molecule has 0 amide bonds. The minimum atomic E-state index is -1.62. The Morgan fingerprint density at radius 1 is 0.935 bits per heavy atom. The van der Waals surface area contributed by atoms with Crippen LogP contribution in [0.15, 0.2) is 91.5 Å². The first-order valence-corrected chi connectivity index (χ1v) is 9.92. The summed E-state index contributed by atoms with van der Waals surface area (Å²) in [7, 11) is 0. The highest BCUT2D eigenvalue weighted by Crippen LogP contribution is 2.33. The number of aromatic nitrogens is 1. The molecule has 0 aliphatic carbocycles. The smallest absolute Gasteiger partial charge is 0.335 e. The molecule has 1 heterocycles. The summed E-state index contributed by atoms with van der Waals surface area (Å²) in [6, 6.07) is 25.7. The number of para-hydroxylation sites is 1. The van der Waals surface area contributed by atoms with Crippen LogP contribution in [-0.2, 0) is 4.79 Å². The SMILES string of the molecule is C=Cc1c(N[C@@H](c2ccccc2)[C@H](O)C(=O)O)cccc1-c1ccc2ccccc2n1. The summed E-state index contributed by atoms with van der Waals surface area (Å²) in [5, 5.41) is 24.1. The lowest BCUT2D eigenvalue weighted by molar-refractivity contribution is -0.147. The van der Waals surface area contributed by atoms with Gasteiger partial charge in [0.1, 0.15) is 0 Å². The summed E-state index contributed by atoms with van der Waals surface area (Å²) in [6.07, 6.45) is 0.0894. The zero-order valence-corrected chi connectivity index (χ0v) is 16.8. The number of rotatable bonds is 7. The molecule has 0 aliphatic rings. The number of aliphatic hydroxyl groups is 1. The number of nitrogens with one attached hydrogen (secondary N) is 1. The monoisotopic (exact) mass is 410 g/mol. The van der Waals surface area contributed by atoms with Crippen molar-refractivity contribution in [1.82, 2.24) is 4.98 Å². The third-order valence-electron chi connectivity index (χ3n) is 5.22. The molecule has 0 aliphatic heterocycles. The first-order valence-electron chi connectivity index (χ1n) is 9.92. The van der Waals surface area contributed by atoms with E-state index in [4.69, 9.17) is 4.98 Å². The Bertz CT molecular complexity index is 1240. The number of carboxylic acids is 1. The van der Waals surface area contributed by atoms with Crippen molar-refractivity contribution in [3.8, 4) is 11.3 Å². The van der Waals surface area contributed by atoms with Crippen LogP contribution in [-0.4, -0.2) is 27.3 Å². The van der Waals surface area contributed by atoms with Gasteiger partial charge in [-0.25, -0.2) is 9.78 Å².